The lowest BCUT2D eigenvalue weighted by molar-refractivity contribution is -0.0485. The monoisotopic (exact) mass is 752 g/mol. The zero-order chi connectivity index (χ0) is 38.2. The first kappa shape index (κ1) is 37.5. The molecule has 9 nitrogen and oxygen atoms in total. The third-order valence-corrected chi connectivity index (χ3v) is 11.8. The number of aromatic nitrogens is 1. The number of anilines is 1. The Balaban J connectivity index is 0.811. The van der Waals surface area contributed by atoms with Gasteiger partial charge in [-0.05, 0) is 97.5 Å². The van der Waals surface area contributed by atoms with Gasteiger partial charge in [-0.25, -0.2) is 4.79 Å². The van der Waals surface area contributed by atoms with Crippen LogP contribution in [0.15, 0.2) is 127 Å². The fourth-order valence-electron chi connectivity index (χ4n) is 8.51. The van der Waals surface area contributed by atoms with E-state index in [0.717, 1.165) is 98.2 Å². The highest BCUT2D eigenvalue weighted by Crippen LogP contribution is 2.49. The molecule has 1 aliphatic carbocycles. The second-order valence-electron chi connectivity index (χ2n) is 15.9. The highest BCUT2D eigenvalue weighted by molar-refractivity contribution is 5.71. The zero-order valence-electron chi connectivity index (χ0n) is 32.0. The van der Waals surface area contributed by atoms with Crippen molar-refractivity contribution in [1.82, 2.24) is 15.2 Å². The molecule has 3 aliphatic rings. The standard InChI is InChI=1S/C47H52N4O5/c52-45(56-34-38-14-8-3-9-15-38)48-40-30-46(31-40)22-26-50(27-23-46)35-47(53)24-28-51(29-25-47)41-18-16-39(17-19-41)42-20-21-43(54-32-36-10-4-1-5-11-36)49-44(42)55-33-37-12-6-2-7-13-37/h1-21,40,53H,22-35H2,(H,48,52). The van der Waals surface area contributed by atoms with Gasteiger partial charge in [0.25, 0.3) is 0 Å². The summed E-state index contributed by atoms with van der Waals surface area (Å²) in [4.78, 5) is 22.0. The van der Waals surface area contributed by atoms with Crippen molar-refractivity contribution in [3.05, 3.63) is 144 Å². The number of β-amino-alcohol motifs (C(OH)–C–C–N with tert-alkyl or cyclic N) is 1. The van der Waals surface area contributed by atoms with Crippen molar-refractivity contribution in [3.8, 4) is 22.9 Å². The smallest absolute Gasteiger partial charge is 0.407 e. The van der Waals surface area contributed by atoms with Crippen molar-refractivity contribution in [1.29, 1.82) is 0 Å². The molecule has 1 saturated carbocycles. The SMILES string of the molecule is O=C(NC1CC2(CCN(CC3(O)CCN(c4ccc(-c5ccc(OCc6ccccc6)nc5OCc5ccccc5)cc4)CC3)CC2)C1)OCc1ccccc1. The molecule has 290 valence electrons. The van der Waals surface area contributed by atoms with E-state index in [-0.39, 0.29) is 12.1 Å². The van der Waals surface area contributed by atoms with Crippen LogP contribution >= 0.6 is 0 Å². The molecule has 2 aliphatic heterocycles. The summed E-state index contributed by atoms with van der Waals surface area (Å²) >= 11 is 0. The number of hydrogen-bond donors (Lipinski definition) is 2. The number of ether oxygens (including phenoxy) is 3. The maximum atomic E-state index is 12.3. The Morgan fingerprint density at radius 3 is 1.86 bits per heavy atom. The fraction of sp³-hybridized carbons (Fsp3) is 0.362. The molecule has 0 bridgehead atoms. The van der Waals surface area contributed by atoms with Crippen LogP contribution in [0.5, 0.6) is 11.8 Å². The maximum Gasteiger partial charge on any atom is 0.407 e. The number of hydrogen-bond acceptors (Lipinski definition) is 8. The number of nitrogens with zero attached hydrogens (tertiary/aromatic N) is 3. The molecule has 4 aromatic carbocycles. The summed E-state index contributed by atoms with van der Waals surface area (Å²) in [5.74, 6) is 1.05. The summed E-state index contributed by atoms with van der Waals surface area (Å²) in [7, 11) is 0. The Kier molecular flexibility index (Phi) is 11.5. The minimum atomic E-state index is -0.686. The van der Waals surface area contributed by atoms with E-state index in [2.05, 4.69) is 39.4 Å². The van der Waals surface area contributed by atoms with Gasteiger partial charge >= 0.3 is 6.09 Å². The number of pyridine rings is 1. The van der Waals surface area contributed by atoms with Crippen LogP contribution in [0.25, 0.3) is 11.1 Å². The molecule has 2 saturated heterocycles. The molecule has 1 amide bonds. The van der Waals surface area contributed by atoms with Gasteiger partial charge in [0.15, 0.2) is 0 Å². The Labute approximate surface area is 330 Å². The molecule has 3 heterocycles. The van der Waals surface area contributed by atoms with Crippen LogP contribution in [0.2, 0.25) is 0 Å². The van der Waals surface area contributed by atoms with E-state index >= 15 is 0 Å². The molecule has 5 aromatic rings. The number of carbonyl (C=O) groups is 1. The lowest BCUT2D eigenvalue weighted by atomic mass is 9.60. The molecule has 1 spiro atoms. The van der Waals surface area contributed by atoms with Crippen LogP contribution in [0.4, 0.5) is 10.5 Å². The van der Waals surface area contributed by atoms with Crippen molar-refractivity contribution >= 4 is 11.8 Å². The van der Waals surface area contributed by atoms with Gasteiger partial charge in [-0.3, -0.25) is 0 Å². The van der Waals surface area contributed by atoms with Gasteiger partial charge in [0.2, 0.25) is 11.8 Å². The zero-order valence-corrected chi connectivity index (χ0v) is 32.0. The Morgan fingerprint density at radius 1 is 0.679 bits per heavy atom. The van der Waals surface area contributed by atoms with Crippen LogP contribution in [0.1, 0.15) is 55.2 Å². The fourth-order valence-corrected chi connectivity index (χ4v) is 8.51. The summed E-state index contributed by atoms with van der Waals surface area (Å²) in [5, 5.41) is 14.7. The molecule has 0 unspecified atom stereocenters. The lowest BCUT2D eigenvalue weighted by Crippen LogP contribution is -2.57. The van der Waals surface area contributed by atoms with E-state index in [9.17, 15) is 9.90 Å². The van der Waals surface area contributed by atoms with Crippen molar-refractivity contribution in [2.24, 2.45) is 5.41 Å². The van der Waals surface area contributed by atoms with Crippen LogP contribution in [-0.4, -0.2) is 65.5 Å². The maximum absolute atomic E-state index is 12.3. The van der Waals surface area contributed by atoms with Gasteiger partial charge in [0, 0.05) is 43.0 Å². The van der Waals surface area contributed by atoms with Gasteiger partial charge in [-0.15, -0.1) is 0 Å². The van der Waals surface area contributed by atoms with Crippen LogP contribution in [0.3, 0.4) is 0 Å². The lowest BCUT2D eigenvalue weighted by Gasteiger charge is -2.53. The van der Waals surface area contributed by atoms with E-state index in [0.29, 0.717) is 43.5 Å². The molecular formula is C47H52N4O5. The van der Waals surface area contributed by atoms with Crippen molar-refractivity contribution in [3.63, 3.8) is 0 Å². The third-order valence-electron chi connectivity index (χ3n) is 11.8. The Morgan fingerprint density at radius 2 is 1.25 bits per heavy atom. The van der Waals surface area contributed by atoms with E-state index in [4.69, 9.17) is 19.2 Å². The topological polar surface area (TPSA) is 96.4 Å². The highest BCUT2D eigenvalue weighted by Gasteiger charge is 2.47. The van der Waals surface area contributed by atoms with Crippen molar-refractivity contribution in [2.45, 2.75) is 70.0 Å². The average Bonchev–Trinajstić information content (AvgIpc) is 3.23. The second kappa shape index (κ2) is 17.2. The first-order valence-corrected chi connectivity index (χ1v) is 20.0. The molecule has 9 heteroatoms. The molecule has 2 N–H and O–H groups in total. The largest absolute Gasteiger partial charge is 0.473 e. The summed E-state index contributed by atoms with van der Waals surface area (Å²) < 4.78 is 17.8. The number of nitrogens with one attached hydrogen (secondary N) is 1. The number of amides is 1. The van der Waals surface area contributed by atoms with Crippen molar-refractivity contribution in [2.75, 3.05) is 37.6 Å². The van der Waals surface area contributed by atoms with Gasteiger partial charge < -0.3 is 34.4 Å². The van der Waals surface area contributed by atoms with Gasteiger partial charge in [0.1, 0.15) is 19.8 Å². The Hall–Kier alpha value is -5.38. The number of rotatable bonds is 13. The minimum absolute atomic E-state index is 0.185. The number of aliphatic hydroxyl groups is 1. The quantitative estimate of drug-likeness (QED) is 0.124. The first-order valence-electron chi connectivity index (χ1n) is 20.0. The number of carbonyl (C=O) groups excluding carboxylic acids is 1. The molecule has 56 heavy (non-hydrogen) atoms. The predicted octanol–water partition coefficient (Wildman–Crippen LogP) is 8.41. The Bertz CT molecular complexity index is 2010. The highest BCUT2D eigenvalue weighted by atomic mass is 16.5. The van der Waals surface area contributed by atoms with Gasteiger partial charge in [-0.1, -0.05) is 103 Å². The summed E-state index contributed by atoms with van der Waals surface area (Å²) in [6.07, 6.45) is 5.37. The number of alkyl carbamates (subject to hydrolysis) is 1. The molecular weight excluding hydrogens is 701 g/mol. The second-order valence-corrected chi connectivity index (χ2v) is 15.9. The van der Waals surface area contributed by atoms with Crippen LogP contribution in [0, 0.1) is 5.41 Å². The van der Waals surface area contributed by atoms with E-state index in [1.54, 1.807) is 0 Å². The summed E-state index contributed by atoms with van der Waals surface area (Å²) in [6.45, 7) is 5.44. The van der Waals surface area contributed by atoms with E-state index in [1.807, 2.05) is 103 Å². The third kappa shape index (κ3) is 9.52. The van der Waals surface area contributed by atoms with E-state index in [1.165, 1.54) is 0 Å². The molecule has 8 rings (SSSR count). The summed E-state index contributed by atoms with van der Waals surface area (Å²) in [6, 6.07) is 42.6. The molecule has 0 atom stereocenters. The number of benzene rings is 4. The van der Waals surface area contributed by atoms with Crippen LogP contribution in [-0.2, 0) is 24.6 Å². The van der Waals surface area contributed by atoms with Crippen molar-refractivity contribution < 1.29 is 24.1 Å². The minimum Gasteiger partial charge on any atom is -0.473 e. The predicted molar refractivity (Wildman–Crippen MR) is 219 cm³/mol. The van der Waals surface area contributed by atoms with Gasteiger partial charge in [-0.2, -0.15) is 4.98 Å². The molecule has 3 fully saturated rings. The summed E-state index contributed by atoms with van der Waals surface area (Å²) in [5.41, 5.74) is 5.83. The molecule has 1 aromatic heterocycles. The average molecular weight is 753 g/mol. The van der Waals surface area contributed by atoms with Gasteiger partial charge in [0.05, 0.1) is 5.60 Å². The first-order chi connectivity index (χ1) is 27.4. The normalized spacial score (nSPS) is 17.8. The molecule has 0 radical (unpaired) electrons. The number of likely N-dealkylation sites (tertiary alicyclic amines) is 1. The van der Waals surface area contributed by atoms with Crippen LogP contribution < -0.4 is 19.7 Å². The number of piperidine rings is 2. The van der Waals surface area contributed by atoms with E-state index < -0.39 is 5.60 Å².